The summed E-state index contributed by atoms with van der Waals surface area (Å²) < 4.78 is 74.0. The first-order chi connectivity index (χ1) is 15.4. The molecule has 15 heteroatoms. The van der Waals surface area contributed by atoms with E-state index < -0.39 is 52.3 Å². The third-order valence-electron chi connectivity index (χ3n) is 4.06. The highest BCUT2D eigenvalue weighted by atomic mass is 127. The third-order valence-corrected chi connectivity index (χ3v) is 8.17. The zero-order chi connectivity index (χ0) is 26.5. The first-order valence-corrected chi connectivity index (χ1v) is 14.4. The number of hydrogen-bond donors (Lipinski definition) is 1. The Morgan fingerprint density at radius 1 is 1.15 bits per heavy atom. The lowest BCUT2D eigenvalue weighted by Gasteiger charge is -2.23. The normalized spacial score (nSPS) is 13.4. The maximum atomic E-state index is 12.5. The predicted molar refractivity (Wildman–Crippen MR) is 146 cm³/mol. The Bertz CT molecular complexity index is 1010. The quantitative estimate of drug-likeness (QED) is 0.181. The van der Waals surface area contributed by atoms with Gasteiger partial charge in [0.15, 0.2) is 10.0 Å². The predicted octanol–water partition coefficient (Wildman–Crippen LogP) is 6.18. The molecule has 8 nitrogen and oxygen atoms in total. The van der Waals surface area contributed by atoms with Gasteiger partial charge < -0.3 is 14.2 Å². The number of halogens is 6. The van der Waals surface area contributed by atoms with E-state index in [9.17, 15) is 31.2 Å². The molecule has 1 aromatic carbocycles. The maximum absolute atomic E-state index is 12.5. The van der Waals surface area contributed by atoms with Crippen molar-refractivity contribution in [2.45, 2.75) is 51.6 Å². The van der Waals surface area contributed by atoms with Crippen LogP contribution in [0.1, 0.15) is 39.7 Å². The van der Waals surface area contributed by atoms with E-state index in [-0.39, 0.29) is 6.42 Å². The summed E-state index contributed by atoms with van der Waals surface area (Å²) in [5, 5.41) is 2.73. The highest BCUT2D eigenvalue weighted by Crippen LogP contribution is 2.34. The van der Waals surface area contributed by atoms with E-state index in [1.54, 1.807) is 27.7 Å². The van der Waals surface area contributed by atoms with Gasteiger partial charge in [-0.3, -0.25) is 10.1 Å². The lowest BCUT2D eigenvalue weighted by Crippen LogP contribution is -2.28. The van der Waals surface area contributed by atoms with E-state index in [2.05, 4.69) is 77.8 Å². The summed E-state index contributed by atoms with van der Waals surface area (Å²) >= 11 is 6.26. The molecule has 34 heavy (non-hydrogen) atoms. The number of alkyl halides is 3. The van der Waals surface area contributed by atoms with Crippen LogP contribution in [0.5, 0.6) is 0 Å². The lowest BCUT2D eigenvalue weighted by molar-refractivity contribution is -0.148. The topological polar surface area (TPSA) is 113 Å². The Balaban J connectivity index is 2.92. The molecule has 1 amide bonds. The average molecular weight is 845 g/mol. The SMILES string of the molecule is CCC(Cc1c(I)cc(I)c(NC(=O)OC(C)(C)C)c1I)C(=O)OCC[N-]S(=O)(=O)C(F)(F)F. The van der Waals surface area contributed by atoms with E-state index in [0.717, 1.165) is 12.7 Å². The highest BCUT2D eigenvalue weighted by molar-refractivity contribution is 14.1. The van der Waals surface area contributed by atoms with Crippen LogP contribution in [0.2, 0.25) is 0 Å². The third kappa shape index (κ3) is 9.72. The minimum absolute atomic E-state index is 0.240. The van der Waals surface area contributed by atoms with Crippen LogP contribution in [-0.2, 0) is 30.7 Å². The van der Waals surface area contributed by atoms with Gasteiger partial charge in [0, 0.05) is 10.7 Å². The highest BCUT2D eigenvalue weighted by Gasteiger charge is 2.38. The van der Waals surface area contributed by atoms with Crippen molar-refractivity contribution in [3.8, 4) is 0 Å². The van der Waals surface area contributed by atoms with Gasteiger partial charge in [0.2, 0.25) is 0 Å². The molecule has 0 bridgehead atoms. The Hall–Kier alpha value is -0.150. The van der Waals surface area contributed by atoms with Gasteiger partial charge in [-0.2, -0.15) is 13.2 Å². The maximum Gasteiger partial charge on any atom is 0.480 e. The van der Waals surface area contributed by atoms with Crippen LogP contribution in [0, 0.1) is 16.6 Å². The Morgan fingerprint density at radius 2 is 1.74 bits per heavy atom. The molecule has 0 aromatic heterocycles. The molecule has 0 fully saturated rings. The van der Waals surface area contributed by atoms with Gasteiger partial charge in [-0.25, -0.2) is 13.2 Å². The van der Waals surface area contributed by atoms with E-state index in [1.165, 1.54) is 0 Å². The summed E-state index contributed by atoms with van der Waals surface area (Å²) in [7, 11) is -5.63. The summed E-state index contributed by atoms with van der Waals surface area (Å²) in [4.78, 5) is 24.7. The molecule has 0 saturated heterocycles. The van der Waals surface area contributed by atoms with E-state index in [0.29, 0.717) is 15.7 Å². The van der Waals surface area contributed by atoms with Gasteiger partial charge in [-0.15, -0.1) is 6.54 Å². The number of nitrogens with zero attached hydrogens (tertiary/aromatic N) is 1. The van der Waals surface area contributed by atoms with Crippen molar-refractivity contribution in [2.24, 2.45) is 5.92 Å². The molecular formula is C19H23F3I3N2O6S-. The Morgan fingerprint density at radius 3 is 2.24 bits per heavy atom. The first kappa shape index (κ1) is 31.9. The largest absolute Gasteiger partial charge is 0.538 e. The van der Waals surface area contributed by atoms with Crippen LogP contribution in [0.15, 0.2) is 6.07 Å². The van der Waals surface area contributed by atoms with Crippen molar-refractivity contribution >= 4 is 95.5 Å². The molecule has 194 valence electrons. The van der Waals surface area contributed by atoms with Crippen molar-refractivity contribution < 1.29 is 40.7 Å². The summed E-state index contributed by atoms with van der Waals surface area (Å²) in [6.07, 6.45) is -0.0207. The monoisotopic (exact) mass is 845 g/mol. The van der Waals surface area contributed by atoms with E-state index >= 15 is 0 Å². The van der Waals surface area contributed by atoms with Crippen molar-refractivity contribution in [3.05, 3.63) is 27.1 Å². The molecule has 1 aromatic rings. The molecule has 1 atom stereocenters. The van der Waals surface area contributed by atoms with Gasteiger partial charge in [-0.1, -0.05) is 6.92 Å². The second-order valence-electron chi connectivity index (χ2n) is 7.88. The van der Waals surface area contributed by atoms with Crippen LogP contribution in [0.25, 0.3) is 4.72 Å². The van der Waals surface area contributed by atoms with Crippen LogP contribution in [0.4, 0.5) is 23.7 Å². The summed E-state index contributed by atoms with van der Waals surface area (Å²) in [5.41, 5.74) is -4.87. The number of nitrogens with one attached hydrogen (secondary N) is 1. The zero-order valence-electron chi connectivity index (χ0n) is 18.6. The van der Waals surface area contributed by atoms with E-state index in [1.807, 2.05) is 6.07 Å². The number of carbonyl (C=O) groups is 2. The van der Waals surface area contributed by atoms with Gasteiger partial charge in [0.1, 0.15) is 5.60 Å². The van der Waals surface area contributed by atoms with Crippen LogP contribution in [-0.4, -0.2) is 44.7 Å². The molecule has 0 radical (unpaired) electrons. The van der Waals surface area contributed by atoms with Gasteiger partial charge in [-0.05, 0) is 113 Å². The number of hydrogen-bond acceptors (Lipinski definition) is 6. The van der Waals surface area contributed by atoms with Crippen molar-refractivity contribution in [1.82, 2.24) is 0 Å². The fourth-order valence-corrected chi connectivity index (χ4v) is 7.02. The number of benzene rings is 1. The molecular weight excluding hydrogens is 822 g/mol. The number of ether oxygens (including phenoxy) is 2. The van der Waals surface area contributed by atoms with Crippen LogP contribution in [0.3, 0.4) is 0 Å². The summed E-state index contributed by atoms with van der Waals surface area (Å²) in [5.74, 6) is -1.33. The molecule has 0 heterocycles. The number of rotatable bonds is 9. The zero-order valence-corrected chi connectivity index (χ0v) is 25.8. The Labute approximate surface area is 237 Å². The molecule has 0 aliphatic carbocycles. The minimum atomic E-state index is -5.63. The number of sulfonamides is 1. The van der Waals surface area contributed by atoms with E-state index in [4.69, 9.17) is 9.47 Å². The lowest BCUT2D eigenvalue weighted by atomic mass is 9.96. The van der Waals surface area contributed by atoms with Crippen molar-refractivity contribution in [3.63, 3.8) is 0 Å². The first-order valence-electron chi connectivity index (χ1n) is 9.72. The number of amides is 1. The fourth-order valence-electron chi connectivity index (χ4n) is 2.47. The molecule has 0 aliphatic heterocycles. The van der Waals surface area contributed by atoms with Gasteiger partial charge in [0.25, 0.3) is 0 Å². The van der Waals surface area contributed by atoms with Crippen LogP contribution >= 0.6 is 67.8 Å². The van der Waals surface area contributed by atoms with Crippen molar-refractivity contribution in [1.29, 1.82) is 0 Å². The van der Waals surface area contributed by atoms with Gasteiger partial charge >= 0.3 is 17.6 Å². The van der Waals surface area contributed by atoms with Crippen molar-refractivity contribution in [2.75, 3.05) is 18.5 Å². The molecule has 0 spiro atoms. The standard InChI is InChI=1S/C19H23F3I3N2O6S/c1-5-10(16(28)32-7-6-26-34(30,31)19(20,21)22)8-11-12(23)9-13(24)15(14(11)25)27-17(29)33-18(2,3)4/h9-10H,5-8H2,1-4H3,(H,27,29)/q-1. The number of anilines is 1. The smallest absolute Gasteiger partial charge is 0.480 e. The molecule has 0 saturated carbocycles. The van der Waals surface area contributed by atoms with Crippen LogP contribution < -0.4 is 5.32 Å². The number of esters is 1. The second-order valence-corrected chi connectivity index (χ2v) is 13.0. The fraction of sp³-hybridized carbons (Fsp3) is 0.579. The number of carbonyl (C=O) groups excluding carboxylic acids is 2. The molecule has 1 N–H and O–H groups in total. The molecule has 0 aliphatic rings. The second kappa shape index (κ2) is 12.9. The Kier molecular flexibility index (Phi) is 12.1. The minimum Gasteiger partial charge on any atom is -0.538 e. The molecule has 1 unspecified atom stereocenters. The summed E-state index contributed by atoms with van der Waals surface area (Å²) in [6, 6.07) is 1.84. The average Bonchev–Trinajstić information content (AvgIpc) is 2.66. The molecule has 1 rings (SSSR count). The van der Waals surface area contributed by atoms with Gasteiger partial charge in [0.05, 0.1) is 18.2 Å². The summed E-state index contributed by atoms with van der Waals surface area (Å²) in [6.45, 7) is 5.54.